The SMILES string of the molecule is CCCCC[O][Sn]([C](F)(F)C(F)(F)C(C)F)([C](F)(F)C(F)(F)C(C)F)[C](F)(F)C(F)(F)C(C)F. The van der Waals surface area contributed by atoms with Crippen molar-refractivity contribution >= 4 is 18.8 Å². The van der Waals surface area contributed by atoms with Crippen LogP contribution in [0.4, 0.5) is 65.9 Å². The fourth-order valence-electron chi connectivity index (χ4n) is 2.89. The van der Waals surface area contributed by atoms with Crippen LogP contribution in [0.2, 0.25) is 0 Å². The standard InChI is InChI=1S/C5H11O.3C4H4F5.Sn/c1-2-3-4-5-6;3*1-2(5)4(8,9)3(6)7;/h2-5H2,1H3;3*2H,1H3;/q-1;;;;+1. The van der Waals surface area contributed by atoms with Gasteiger partial charge in [0.2, 0.25) is 0 Å². The van der Waals surface area contributed by atoms with E-state index in [0.29, 0.717) is 0 Å². The van der Waals surface area contributed by atoms with E-state index in [4.69, 9.17) is 0 Å². The van der Waals surface area contributed by atoms with Gasteiger partial charge in [0.05, 0.1) is 0 Å². The Kier molecular flexibility index (Phi) is 10.5. The minimum atomic E-state index is -10.7. The van der Waals surface area contributed by atoms with Crippen LogP contribution in [0.25, 0.3) is 0 Å². The van der Waals surface area contributed by atoms with E-state index in [9.17, 15) is 65.9 Å². The molecule has 0 N–H and O–H groups in total. The monoisotopic (exact) mass is 648 g/mol. The number of hydrogen-bond acceptors (Lipinski definition) is 1. The van der Waals surface area contributed by atoms with E-state index in [1.807, 2.05) is 0 Å². The first-order valence-electron chi connectivity index (χ1n) is 9.72. The second-order valence-corrected chi connectivity index (χ2v) is 17.8. The summed E-state index contributed by atoms with van der Waals surface area (Å²) in [7, 11) is 0. The van der Waals surface area contributed by atoms with Crippen molar-refractivity contribution in [1.29, 1.82) is 0 Å². The summed E-state index contributed by atoms with van der Waals surface area (Å²) in [4.78, 5) is 0. The van der Waals surface area contributed by atoms with E-state index in [0.717, 1.165) is 0 Å². The van der Waals surface area contributed by atoms with Crippen LogP contribution in [-0.2, 0) is 3.07 Å². The summed E-state index contributed by atoms with van der Waals surface area (Å²) in [5.74, 6) is -20.1. The molecule has 0 radical (unpaired) electrons. The molecule has 3 atom stereocenters. The number of halogens is 15. The topological polar surface area (TPSA) is 9.23 Å². The molecule has 206 valence electrons. The van der Waals surface area contributed by atoms with Crippen LogP contribution in [0.5, 0.6) is 0 Å². The van der Waals surface area contributed by atoms with Crippen molar-refractivity contribution in [1.82, 2.24) is 0 Å². The molecule has 0 rings (SSSR count). The Hall–Kier alpha value is -0.291. The van der Waals surface area contributed by atoms with Crippen LogP contribution >= 0.6 is 0 Å². The van der Waals surface area contributed by atoms with Crippen LogP contribution < -0.4 is 0 Å². The van der Waals surface area contributed by atoms with Crippen LogP contribution in [0.1, 0.15) is 47.0 Å². The third-order valence-electron chi connectivity index (χ3n) is 5.15. The minimum absolute atomic E-state index is 0.0576. The molecule has 0 saturated carbocycles. The zero-order valence-electron chi connectivity index (χ0n) is 18.1. The van der Waals surface area contributed by atoms with Crippen molar-refractivity contribution in [2.24, 2.45) is 0 Å². The average molecular weight is 647 g/mol. The van der Waals surface area contributed by atoms with Gasteiger partial charge in [-0.25, -0.2) is 0 Å². The molecule has 0 aromatic rings. The van der Waals surface area contributed by atoms with Gasteiger partial charge in [-0.2, -0.15) is 0 Å². The van der Waals surface area contributed by atoms with Gasteiger partial charge in [-0.15, -0.1) is 0 Å². The Balaban J connectivity index is 7.87. The molecule has 0 amide bonds. The predicted octanol–water partition coefficient (Wildman–Crippen LogP) is 7.64. The Bertz CT molecular complexity index is 584. The van der Waals surface area contributed by atoms with Gasteiger partial charge in [-0.05, 0) is 0 Å². The molecule has 0 spiro atoms. The van der Waals surface area contributed by atoms with Crippen LogP contribution in [0, 0.1) is 0 Å². The molecule has 17 heteroatoms. The first-order chi connectivity index (χ1) is 14.9. The van der Waals surface area contributed by atoms with Gasteiger partial charge in [0.1, 0.15) is 0 Å². The molecule has 0 heterocycles. The van der Waals surface area contributed by atoms with E-state index >= 15 is 0 Å². The molecule has 0 aliphatic heterocycles. The van der Waals surface area contributed by atoms with Crippen molar-refractivity contribution in [2.45, 2.75) is 95.1 Å². The molecule has 0 aliphatic rings. The Morgan fingerprint density at radius 3 is 1.03 bits per heavy atom. The predicted molar refractivity (Wildman–Crippen MR) is 92.6 cm³/mol. The second kappa shape index (κ2) is 10.6. The average Bonchev–Trinajstić information content (AvgIpc) is 2.66. The van der Waals surface area contributed by atoms with Gasteiger partial charge >= 0.3 is 189 Å². The first-order valence-corrected chi connectivity index (χ1v) is 15.2. The number of rotatable bonds is 14. The summed E-state index contributed by atoms with van der Waals surface area (Å²) in [5, 5.41) is 0. The number of alkyl halides is 15. The van der Waals surface area contributed by atoms with Gasteiger partial charge in [-0.1, -0.05) is 0 Å². The number of unbranched alkanes of at least 4 members (excludes halogenated alkanes) is 2. The van der Waals surface area contributed by atoms with Crippen molar-refractivity contribution in [3.63, 3.8) is 0 Å². The summed E-state index contributed by atoms with van der Waals surface area (Å²) in [6.07, 6.45) is -14.0. The van der Waals surface area contributed by atoms with Crippen LogP contribution in [0.15, 0.2) is 0 Å². The molecule has 1 nitrogen and oxygen atoms in total. The van der Waals surface area contributed by atoms with Gasteiger partial charge in [0, 0.05) is 0 Å². The summed E-state index contributed by atoms with van der Waals surface area (Å²) in [5.41, 5.74) is 0. The van der Waals surface area contributed by atoms with Gasteiger partial charge in [0.15, 0.2) is 0 Å². The van der Waals surface area contributed by atoms with E-state index in [2.05, 4.69) is 3.07 Å². The second-order valence-electron chi connectivity index (χ2n) is 7.68. The van der Waals surface area contributed by atoms with Crippen LogP contribution in [0.3, 0.4) is 0 Å². The molecule has 0 aromatic carbocycles. The normalized spacial score (nSPS) is 19.5. The maximum absolute atomic E-state index is 15.0. The van der Waals surface area contributed by atoms with E-state index in [1.54, 1.807) is 0 Å². The fraction of sp³-hybridized carbons (Fsp3) is 1.00. The van der Waals surface area contributed by atoms with E-state index < -0.39 is 101 Å². The zero-order valence-corrected chi connectivity index (χ0v) is 21.0. The molecule has 34 heavy (non-hydrogen) atoms. The van der Waals surface area contributed by atoms with Crippen molar-refractivity contribution in [2.75, 3.05) is 6.61 Å². The summed E-state index contributed by atoms with van der Waals surface area (Å²) in [6, 6.07) is 0. The molecule has 0 fully saturated rings. The molecule has 3 unspecified atom stereocenters. The van der Waals surface area contributed by atoms with Gasteiger partial charge < -0.3 is 0 Å². The summed E-state index contributed by atoms with van der Waals surface area (Å²) < 4.78 is 196. The fourth-order valence-corrected chi connectivity index (χ4v) is 14.8. The van der Waals surface area contributed by atoms with Crippen LogP contribution in [-0.4, -0.2) is 73.5 Å². The number of hydrogen-bond donors (Lipinski definition) is 0. The molecular weight excluding hydrogens is 624 g/mol. The summed E-state index contributed by atoms with van der Waals surface area (Å²) in [6.45, 7) is -1.93. The Morgan fingerprint density at radius 2 is 0.824 bits per heavy atom. The molecular formula is C17H23F15OSn. The first kappa shape index (κ1) is 33.7. The van der Waals surface area contributed by atoms with Gasteiger partial charge in [-0.3, -0.25) is 0 Å². The third-order valence-corrected chi connectivity index (χ3v) is 17.4. The van der Waals surface area contributed by atoms with E-state index in [1.165, 1.54) is 6.92 Å². The zero-order chi connectivity index (χ0) is 27.8. The molecule has 0 bridgehead atoms. The summed E-state index contributed by atoms with van der Waals surface area (Å²) >= 11 is -10.7. The van der Waals surface area contributed by atoms with Gasteiger partial charge in [0.25, 0.3) is 0 Å². The van der Waals surface area contributed by atoms with Crippen molar-refractivity contribution in [3.05, 3.63) is 0 Å². The Morgan fingerprint density at radius 1 is 0.559 bits per heavy atom. The molecule has 0 saturated heterocycles. The van der Waals surface area contributed by atoms with E-state index in [-0.39, 0.29) is 12.8 Å². The molecule has 0 aromatic heterocycles. The maximum atomic E-state index is 15.0. The third kappa shape index (κ3) is 4.83. The van der Waals surface area contributed by atoms with Crippen molar-refractivity contribution in [3.8, 4) is 0 Å². The Labute approximate surface area is 189 Å². The molecule has 0 aliphatic carbocycles. The van der Waals surface area contributed by atoms with Crippen molar-refractivity contribution < 1.29 is 68.9 Å². The quantitative estimate of drug-likeness (QED) is 0.107.